The van der Waals surface area contributed by atoms with Gasteiger partial charge in [0.1, 0.15) is 23.9 Å². The van der Waals surface area contributed by atoms with Crippen molar-refractivity contribution in [3.63, 3.8) is 0 Å². The molecular weight excluding hydrogens is 273 g/mol. The fourth-order valence-electron chi connectivity index (χ4n) is 2.18. The molecule has 0 aromatic heterocycles. The number of hydrogen-bond donors (Lipinski definition) is 0. The second kappa shape index (κ2) is 5.83. The third-order valence-corrected chi connectivity index (χ3v) is 3.21. The van der Waals surface area contributed by atoms with Crippen LogP contribution in [0.2, 0.25) is 0 Å². The lowest BCUT2D eigenvalue weighted by molar-refractivity contribution is -0.120. The van der Waals surface area contributed by atoms with Gasteiger partial charge in [-0.3, -0.25) is 4.79 Å². The summed E-state index contributed by atoms with van der Waals surface area (Å²) in [5, 5.41) is 0. The summed E-state index contributed by atoms with van der Waals surface area (Å²) in [6.07, 6.45) is 0. The van der Waals surface area contributed by atoms with E-state index in [9.17, 15) is 9.18 Å². The minimum Gasteiger partial charge on any atom is -0.490 e. The molecule has 0 radical (unpaired) electrons. The molecule has 2 aromatic carbocycles. The molecule has 2 aromatic rings. The first-order chi connectivity index (χ1) is 10.2. The van der Waals surface area contributed by atoms with Gasteiger partial charge in [-0.15, -0.1) is 0 Å². The second-order valence-corrected chi connectivity index (χ2v) is 4.60. The molecule has 0 aliphatic carbocycles. The summed E-state index contributed by atoms with van der Waals surface area (Å²) in [7, 11) is 0. The van der Waals surface area contributed by atoms with Gasteiger partial charge in [0.05, 0.1) is 12.2 Å². The number of carbonyl (C=O) groups excluding carboxylic acids is 1. The van der Waals surface area contributed by atoms with Gasteiger partial charge >= 0.3 is 0 Å². The van der Waals surface area contributed by atoms with Crippen LogP contribution in [-0.4, -0.2) is 25.7 Å². The predicted molar refractivity (Wildman–Crippen MR) is 76.2 cm³/mol. The average Bonchev–Trinajstić information content (AvgIpc) is 2.53. The Balaban J connectivity index is 1.68. The first-order valence-electron chi connectivity index (χ1n) is 6.64. The van der Waals surface area contributed by atoms with Crippen molar-refractivity contribution < 1.29 is 18.7 Å². The lowest BCUT2D eigenvalue weighted by Gasteiger charge is -2.29. The van der Waals surface area contributed by atoms with Crippen molar-refractivity contribution in [3.8, 4) is 11.5 Å². The van der Waals surface area contributed by atoms with E-state index in [0.717, 1.165) is 5.69 Å². The predicted octanol–water partition coefficient (Wildman–Crippen LogP) is 2.63. The SMILES string of the molecule is O=C(COc1ccc(F)cc1)N1CCOc2ccccc21. The first-order valence-corrected chi connectivity index (χ1v) is 6.64. The van der Waals surface area contributed by atoms with Crippen LogP contribution in [0.25, 0.3) is 0 Å². The van der Waals surface area contributed by atoms with Gasteiger partial charge in [0.15, 0.2) is 6.61 Å². The number of para-hydroxylation sites is 2. The second-order valence-electron chi connectivity index (χ2n) is 4.60. The van der Waals surface area contributed by atoms with Crippen molar-refractivity contribution in [1.82, 2.24) is 0 Å². The zero-order chi connectivity index (χ0) is 14.7. The molecule has 0 saturated carbocycles. The molecule has 0 atom stereocenters. The van der Waals surface area contributed by atoms with Crippen molar-refractivity contribution in [2.75, 3.05) is 24.7 Å². The van der Waals surface area contributed by atoms with Gasteiger partial charge in [-0.2, -0.15) is 0 Å². The van der Waals surface area contributed by atoms with Crippen molar-refractivity contribution in [2.24, 2.45) is 0 Å². The Kier molecular flexibility index (Phi) is 3.73. The van der Waals surface area contributed by atoms with E-state index < -0.39 is 0 Å². The third kappa shape index (κ3) is 2.97. The highest BCUT2D eigenvalue weighted by Gasteiger charge is 2.23. The molecule has 1 amide bonds. The molecule has 0 N–H and O–H groups in total. The number of anilines is 1. The molecule has 0 fully saturated rings. The van der Waals surface area contributed by atoms with Crippen molar-refractivity contribution >= 4 is 11.6 Å². The van der Waals surface area contributed by atoms with Gasteiger partial charge < -0.3 is 14.4 Å². The molecule has 5 heteroatoms. The minimum absolute atomic E-state index is 0.0973. The number of ether oxygens (including phenoxy) is 2. The summed E-state index contributed by atoms with van der Waals surface area (Å²) < 4.78 is 23.7. The molecule has 0 bridgehead atoms. The number of carbonyl (C=O) groups is 1. The Morgan fingerprint density at radius 3 is 2.76 bits per heavy atom. The van der Waals surface area contributed by atoms with Gasteiger partial charge in [0.25, 0.3) is 5.91 Å². The standard InChI is InChI=1S/C16H14FNO3/c17-12-5-7-13(8-6-12)21-11-16(19)18-9-10-20-15-4-2-1-3-14(15)18/h1-8H,9-11H2. The Bertz CT molecular complexity index is 642. The van der Waals surface area contributed by atoms with Crippen LogP contribution in [0.15, 0.2) is 48.5 Å². The molecule has 1 aliphatic heterocycles. The summed E-state index contributed by atoms with van der Waals surface area (Å²) in [6, 6.07) is 13.0. The Hall–Kier alpha value is -2.56. The van der Waals surface area contributed by atoms with Crippen LogP contribution in [-0.2, 0) is 4.79 Å². The monoisotopic (exact) mass is 287 g/mol. The van der Waals surface area contributed by atoms with Crippen LogP contribution in [0, 0.1) is 5.82 Å². The highest BCUT2D eigenvalue weighted by molar-refractivity contribution is 5.96. The minimum atomic E-state index is -0.337. The molecule has 0 unspecified atom stereocenters. The van der Waals surface area contributed by atoms with E-state index in [-0.39, 0.29) is 18.3 Å². The number of halogens is 1. The van der Waals surface area contributed by atoms with Crippen LogP contribution < -0.4 is 14.4 Å². The maximum atomic E-state index is 12.8. The highest BCUT2D eigenvalue weighted by atomic mass is 19.1. The zero-order valence-corrected chi connectivity index (χ0v) is 11.3. The number of rotatable bonds is 3. The molecule has 0 saturated heterocycles. The fourth-order valence-corrected chi connectivity index (χ4v) is 2.18. The third-order valence-electron chi connectivity index (χ3n) is 3.21. The van der Waals surface area contributed by atoms with E-state index in [1.165, 1.54) is 24.3 Å². The van der Waals surface area contributed by atoms with Crippen LogP contribution >= 0.6 is 0 Å². The number of amides is 1. The smallest absolute Gasteiger partial charge is 0.265 e. The topological polar surface area (TPSA) is 38.8 Å². The quantitative estimate of drug-likeness (QED) is 0.871. The van der Waals surface area contributed by atoms with Crippen molar-refractivity contribution in [1.29, 1.82) is 0 Å². The molecule has 4 nitrogen and oxygen atoms in total. The van der Waals surface area contributed by atoms with Gasteiger partial charge in [-0.05, 0) is 36.4 Å². The summed E-state index contributed by atoms with van der Waals surface area (Å²) >= 11 is 0. The summed E-state index contributed by atoms with van der Waals surface area (Å²) in [5.74, 6) is 0.663. The van der Waals surface area contributed by atoms with Gasteiger partial charge in [0.2, 0.25) is 0 Å². The molecule has 1 aliphatic rings. The largest absolute Gasteiger partial charge is 0.490 e. The van der Waals surface area contributed by atoms with Gasteiger partial charge in [-0.25, -0.2) is 4.39 Å². The van der Waals surface area contributed by atoms with Gasteiger partial charge in [0, 0.05) is 0 Å². The molecule has 21 heavy (non-hydrogen) atoms. The van der Waals surface area contributed by atoms with Crippen molar-refractivity contribution in [3.05, 3.63) is 54.3 Å². The van der Waals surface area contributed by atoms with E-state index in [0.29, 0.717) is 24.7 Å². The number of fused-ring (bicyclic) bond motifs is 1. The van der Waals surface area contributed by atoms with Crippen LogP contribution in [0.3, 0.4) is 0 Å². The summed E-state index contributed by atoms with van der Waals surface area (Å²) in [5.41, 5.74) is 0.747. The zero-order valence-electron chi connectivity index (χ0n) is 11.3. The fraction of sp³-hybridized carbons (Fsp3) is 0.188. The lowest BCUT2D eigenvalue weighted by Crippen LogP contribution is -2.40. The average molecular weight is 287 g/mol. The molecule has 3 rings (SSSR count). The highest BCUT2D eigenvalue weighted by Crippen LogP contribution is 2.30. The molecule has 0 spiro atoms. The molecular formula is C16H14FNO3. The van der Waals surface area contributed by atoms with Crippen LogP contribution in [0.4, 0.5) is 10.1 Å². The maximum Gasteiger partial charge on any atom is 0.265 e. The van der Waals surface area contributed by atoms with E-state index in [1.54, 1.807) is 4.90 Å². The Labute approximate surface area is 121 Å². The Morgan fingerprint density at radius 1 is 1.19 bits per heavy atom. The van der Waals surface area contributed by atoms with Gasteiger partial charge in [-0.1, -0.05) is 12.1 Å². The molecule has 108 valence electrons. The van der Waals surface area contributed by atoms with E-state index in [4.69, 9.17) is 9.47 Å². The first kappa shape index (κ1) is 13.4. The number of nitrogens with zero attached hydrogens (tertiary/aromatic N) is 1. The number of hydrogen-bond acceptors (Lipinski definition) is 3. The summed E-state index contributed by atoms with van der Waals surface area (Å²) in [6.45, 7) is 0.849. The van der Waals surface area contributed by atoms with Crippen LogP contribution in [0.1, 0.15) is 0 Å². The maximum absolute atomic E-state index is 12.8. The molecule has 1 heterocycles. The van der Waals surface area contributed by atoms with Crippen LogP contribution in [0.5, 0.6) is 11.5 Å². The van der Waals surface area contributed by atoms with E-state index in [2.05, 4.69) is 0 Å². The normalized spacial score (nSPS) is 13.3. The van der Waals surface area contributed by atoms with E-state index in [1.807, 2.05) is 24.3 Å². The van der Waals surface area contributed by atoms with E-state index >= 15 is 0 Å². The lowest BCUT2D eigenvalue weighted by atomic mass is 10.2. The van der Waals surface area contributed by atoms with Crippen molar-refractivity contribution in [2.45, 2.75) is 0 Å². The Morgan fingerprint density at radius 2 is 1.95 bits per heavy atom. The summed E-state index contributed by atoms with van der Waals surface area (Å²) in [4.78, 5) is 13.9. The number of benzene rings is 2.